The quantitative estimate of drug-likeness (QED) is 0.843. The number of ether oxygens (including phenoxy) is 1. The van der Waals surface area contributed by atoms with Gasteiger partial charge < -0.3 is 15.2 Å². The number of nitrogens with zero attached hydrogens (tertiary/aromatic N) is 3. The minimum absolute atomic E-state index is 0.170. The van der Waals surface area contributed by atoms with Gasteiger partial charge in [0.2, 0.25) is 5.88 Å². The Morgan fingerprint density at radius 1 is 1.46 bits per heavy atom. The molecule has 0 saturated carbocycles. The van der Waals surface area contributed by atoms with E-state index < -0.39 is 31.3 Å². The van der Waals surface area contributed by atoms with E-state index in [0.29, 0.717) is 11.0 Å². The molecule has 0 aliphatic heterocycles. The van der Waals surface area contributed by atoms with Gasteiger partial charge in [0.05, 0.1) is 11.9 Å². The summed E-state index contributed by atoms with van der Waals surface area (Å²) in [4.78, 5) is 15.9. The summed E-state index contributed by atoms with van der Waals surface area (Å²) in [6, 6.07) is 1.83. The molecule has 0 aliphatic rings. The summed E-state index contributed by atoms with van der Waals surface area (Å²) in [7, 11) is 1.67. The first-order valence-electron chi connectivity index (χ1n) is 7.05. The van der Waals surface area contributed by atoms with Gasteiger partial charge in [0.1, 0.15) is 0 Å². The van der Waals surface area contributed by atoms with E-state index in [2.05, 4.69) is 10.1 Å². The maximum atomic E-state index is 12.2. The van der Waals surface area contributed by atoms with Gasteiger partial charge in [-0.3, -0.25) is 4.79 Å². The minimum Gasteiger partial charge on any atom is -0.466 e. The molecule has 1 amide bonds. The zero-order valence-corrected chi connectivity index (χ0v) is 13.3. The van der Waals surface area contributed by atoms with Crippen molar-refractivity contribution >= 4 is 16.9 Å². The smallest absolute Gasteiger partial charge is 0.416 e. The molecule has 7 nitrogen and oxygen atoms in total. The van der Waals surface area contributed by atoms with E-state index in [1.807, 2.05) is 25.2 Å². The molecule has 0 aliphatic carbocycles. The molecule has 2 N–H and O–H groups in total. The van der Waals surface area contributed by atoms with Gasteiger partial charge in [0.25, 0.3) is 5.91 Å². The molecule has 0 aromatic carbocycles. The molecular weight excluding hydrogens is 329 g/mol. The van der Waals surface area contributed by atoms with Crippen LogP contribution in [-0.2, 0) is 11.8 Å². The van der Waals surface area contributed by atoms with Crippen molar-refractivity contribution in [1.82, 2.24) is 20.1 Å². The molecular formula is C14H17F3N4O3. The van der Waals surface area contributed by atoms with Crippen molar-refractivity contribution < 1.29 is 27.8 Å². The minimum atomic E-state index is -4.79. The summed E-state index contributed by atoms with van der Waals surface area (Å²) in [6.07, 6.45) is -7.40. The number of fused-ring (bicyclic) bond motifs is 1. The number of nitrogens with one attached hydrogen (secondary N) is 1. The van der Waals surface area contributed by atoms with Crippen molar-refractivity contribution in [3.63, 3.8) is 0 Å². The molecule has 0 saturated heterocycles. The lowest BCUT2D eigenvalue weighted by molar-refractivity contribution is -0.201. The second-order valence-electron chi connectivity index (χ2n) is 5.36. The summed E-state index contributed by atoms with van der Waals surface area (Å²) in [6.45, 7) is 2.21. The Balaban J connectivity index is 2.02. The van der Waals surface area contributed by atoms with Crippen molar-refractivity contribution in [3.05, 3.63) is 17.3 Å². The van der Waals surface area contributed by atoms with Crippen LogP contribution < -0.4 is 10.1 Å². The summed E-state index contributed by atoms with van der Waals surface area (Å²) in [5.41, 5.74) is 2.23. The normalized spacial score (nSPS) is 13.1. The third-order valence-electron chi connectivity index (χ3n) is 3.30. The van der Waals surface area contributed by atoms with Gasteiger partial charge in [0.15, 0.2) is 18.4 Å². The maximum Gasteiger partial charge on any atom is 0.416 e. The number of aliphatic hydroxyl groups excluding tert-OH is 1. The van der Waals surface area contributed by atoms with E-state index in [0.717, 1.165) is 11.3 Å². The number of alkyl halides is 3. The van der Waals surface area contributed by atoms with Gasteiger partial charge in [-0.2, -0.15) is 13.2 Å². The molecule has 2 heterocycles. The van der Waals surface area contributed by atoms with Crippen molar-refractivity contribution in [2.24, 2.45) is 7.05 Å². The molecule has 1 atom stereocenters. The Morgan fingerprint density at radius 3 is 2.75 bits per heavy atom. The molecule has 0 spiro atoms. The number of aryl methyl sites for hydroxylation is 3. The van der Waals surface area contributed by atoms with Gasteiger partial charge in [-0.25, -0.2) is 9.67 Å². The molecule has 0 bridgehead atoms. The second-order valence-corrected chi connectivity index (χ2v) is 5.36. The molecule has 2 rings (SSSR count). The van der Waals surface area contributed by atoms with Gasteiger partial charge >= 0.3 is 6.18 Å². The summed E-state index contributed by atoms with van der Waals surface area (Å²) < 4.78 is 43.2. The SMILES string of the molecule is Cc1cc(C)c2c(OCC(=O)NC[C@@H](O)C(F)(F)F)nn(C)c2n1. The second kappa shape index (κ2) is 6.63. The van der Waals surface area contributed by atoms with Crippen LogP contribution in [0.15, 0.2) is 6.07 Å². The zero-order chi connectivity index (χ0) is 18.1. The number of pyridine rings is 1. The van der Waals surface area contributed by atoms with Crippen LogP contribution in [0.2, 0.25) is 0 Å². The fraction of sp³-hybridized carbons (Fsp3) is 0.500. The van der Waals surface area contributed by atoms with Crippen molar-refractivity contribution in [1.29, 1.82) is 0 Å². The first kappa shape index (κ1) is 18.0. The van der Waals surface area contributed by atoms with Crippen molar-refractivity contribution in [2.45, 2.75) is 26.1 Å². The standard InChI is InChI=1S/C14H17F3N4O3/c1-7-4-8(2)19-12-11(7)13(20-21(12)3)24-6-10(23)18-5-9(22)14(15,16)17/h4,9,22H,5-6H2,1-3H3,(H,18,23)/t9-/m1/s1. The van der Waals surface area contributed by atoms with E-state index in [1.165, 1.54) is 4.68 Å². The van der Waals surface area contributed by atoms with Gasteiger partial charge in [-0.1, -0.05) is 0 Å². The molecule has 0 unspecified atom stereocenters. The highest BCUT2D eigenvalue weighted by molar-refractivity contribution is 5.85. The van der Waals surface area contributed by atoms with Crippen LogP contribution in [0.5, 0.6) is 5.88 Å². The molecule has 10 heteroatoms. The van der Waals surface area contributed by atoms with Crippen LogP contribution in [-0.4, -0.2) is 51.2 Å². The van der Waals surface area contributed by atoms with E-state index in [4.69, 9.17) is 9.84 Å². The van der Waals surface area contributed by atoms with Crippen LogP contribution in [0, 0.1) is 13.8 Å². The molecule has 24 heavy (non-hydrogen) atoms. The predicted octanol–water partition coefficient (Wildman–Crippen LogP) is 1.00. The van der Waals surface area contributed by atoms with E-state index in [-0.39, 0.29) is 5.88 Å². The number of hydrogen-bond acceptors (Lipinski definition) is 5. The average molecular weight is 346 g/mol. The van der Waals surface area contributed by atoms with Crippen LogP contribution in [0.25, 0.3) is 11.0 Å². The molecule has 0 radical (unpaired) electrons. The van der Waals surface area contributed by atoms with Crippen molar-refractivity contribution in [3.8, 4) is 5.88 Å². The Morgan fingerprint density at radius 2 is 2.12 bits per heavy atom. The Kier molecular flexibility index (Phi) is 4.97. The molecule has 2 aromatic rings. The van der Waals surface area contributed by atoms with Crippen molar-refractivity contribution in [2.75, 3.05) is 13.2 Å². The fourth-order valence-corrected chi connectivity index (χ4v) is 2.16. The first-order valence-corrected chi connectivity index (χ1v) is 7.05. The number of aliphatic hydroxyl groups is 1. The number of carbonyl (C=O) groups excluding carboxylic acids is 1. The largest absolute Gasteiger partial charge is 0.466 e. The Labute approximate surface area is 135 Å². The molecule has 132 valence electrons. The number of aromatic nitrogens is 3. The number of halogens is 3. The highest BCUT2D eigenvalue weighted by Crippen LogP contribution is 2.27. The topological polar surface area (TPSA) is 89.3 Å². The number of carbonyl (C=O) groups is 1. The van der Waals surface area contributed by atoms with Crippen LogP contribution in [0.1, 0.15) is 11.3 Å². The zero-order valence-electron chi connectivity index (χ0n) is 13.3. The predicted molar refractivity (Wildman–Crippen MR) is 78.5 cm³/mol. The summed E-state index contributed by atoms with van der Waals surface area (Å²) >= 11 is 0. The number of amides is 1. The Bertz CT molecular complexity index is 758. The maximum absolute atomic E-state index is 12.2. The summed E-state index contributed by atoms with van der Waals surface area (Å²) in [5, 5.41) is 15.5. The van der Waals surface area contributed by atoms with Crippen LogP contribution in [0.3, 0.4) is 0 Å². The monoisotopic (exact) mass is 346 g/mol. The van der Waals surface area contributed by atoms with E-state index in [9.17, 15) is 18.0 Å². The Hall–Kier alpha value is -2.36. The van der Waals surface area contributed by atoms with E-state index >= 15 is 0 Å². The lowest BCUT2D eigenvalue weighted by atomic mass is 10.2. The average Bonchev–Trinajstić information content (AvgIpc) is 2.78. The van der Waals surface area contributed by atoms with Crippen LogP contribution >= 0.6 is 0 Å². The number of rotatable bonds is 5. The van der Waals surface area contributed by atoms with Gasteiger partial charge in [-0.15, -0.1) is 5.10 Å². The summed E-state index contributed by atoms with van der Waals surface area (Å²) in [5.74, 6) is -0.626. The van der Waals surface area contributed by atoms with E-state index in [1.54, 1.807) is 7.05 Å². The highest BCUT2D eigenvalue weighted by Gasteiger charge is 2.38. The van der Waals surface area contributed by atoms with Gasteiger partial charge in [-0.05, 0) is 25.5 Å². The third-order valence-corrected chi connectivity index (χ3v) is 3.30. The van der Waals surface area contributed by atoms with Gasteiger partial charge in [0, 0.05) is 12.7 Å². The third kappa shape index (κ3) is 3.94. The lowest BCUT2D eigenvalue weighted by Gasteiger charge is -2.14. The lowest BCUT2D eigenvalue weighted by Crippen LogP contribution is -2.42. The highest BCUT2D eigenvalue weighted by atomic mass is 19.4. The van der Waals surface area contributed by atoms with Crippen LogP contribution in [0.4, 0.5) is 13.2 Å². The first-order chi connectivity index (χ1) is 11.1. The molecule has 2 aromatic heterocycles. The molecule has 0 fully saturated rings. The number of hydrogen-bond donors (Lipinski definition) is 2. The fourth-order valence-electron chi connectivity index (χ4n) is 2.16.